The molecule has 122 valence electrons. The molecule has 0 aromatic heterocycles. The number of carbonyl (C=O) groups excluding carboxylic acids is 1. The predicted molar refractivity (Wildman–Crippen MR) is 91.0 cm³/mol. The molecule has 2 N–H and O–H groups in total. The van der Waals surface area contributed by atoms with Crippen molar-refractivity contribution >= 4 is 21.6 Å². The number of sulfonamides is 1. The highest BCUT2D eigenvalue weighted by molar-refractivity contribution is 7.92. The predicted octanol–water partition coefficient (Wildman–Crippen LogP) is 2.93. The fraction of sp³-hybridized carbons (Fsp3) is 0.235. The molecule has 23 heavy (non-hydrogen) atoms. The Hall–Kier alpha value is -2.34. The van der Waals surface area contributed by atoms with Crippen molar-refractivity contribution in [3.8, 4) is 0 Å². The van der Waals surface area contributed by atoms with Crippen LogP contribution >= 0.6 is 0 Å². The Kier molecular flexibility index (Phi) is 5.05. The number of hydrogen-bond acceptors (Lipinski definition) is 3. The highest BCUT2D eigenvalue weighted by atomic mass is 32.2. The molecule has 0 spiro atoms. The molecule has 0 unspecified atom stereocenters. The van der Waals surface area contributed by atoms with Gasteiger partial charge in [-0.2, -0.15) is 0 Å². The first kappa shape index (κ1) is 17.0. The molecule has 0 fully saturated rings. The summed E-state index contributed by atoms with van der Waals surface area (Å²) in [5.41, 5.74) is 1.88. The van der Waals surface area contributed by atoms with Gasteiger partial charge < -0.3 is 5.32 Å². The zero-order chi connectivity index (χ0) is 17.0. The molecule has 0 aliphatic heterocycles. The number of rotatable bonds is 5. The van der Waals surface area contributed by atoms with Crippen LogP contribution in [0.3, 0.4) is 0 Å². The number of carbonyl (C=O) groups is 1. The second kappa shape index (κ2) is 6.83. The van der Waals surface area contributed by atoms with E-state index in [1.807, 2.05) is 20.8 Å². The molecular weight excluding hydrogens is 312 g/mol. The Morgan fingerprint density at radius 2 is 1.52 bits per heavy atom. The van der Waals surface area contributed by atoms with Crippen molar-refractivity contribution in [2.75, 3.05) is 4.72 Å². The fourth-order valence-corrected chi connectivity index (χ4v) is 3.03. The van der Waals surface area contributed by atoms with E-state index >= 15 is 0 Å². The van der Waals surface area contributed by atoms with Crippen LogP contribution in [0.2, 0.25) is 0 Å². The topological polar surface area (TPSA) is 75.3 Å². The Bertz CT molecular complexity index is 780. The molecule has 5 nitrogen and oxygen atoms in total. The van der Waals surface area contributed by atoms with E-state index < -0.39 is 10.0 Å². The van der Waals surface area contributed by atoms with Crippen LogP contribution in [0.5, 0.6) is 0 Å². The van der Waals surface area contributed by atoms with Gasteiger partial charge in [0.15, 0.2) is 0 Å². The number of benzene rings is 2. The molecule has 0 atom stereocenters. The van der Waals surface area contributed by atoms with Crippen molar-refractivity contribution in [3.05, 3.63) is 59.7 Å². The molecule has 0 radical (unpaired) electrons. The molecule has 1 amide bonds. The highest BCUT2D eigenvalue weighted by Gasteiger charge is 2.14. The number of hydrogen-bond donors (Lipinski definition) is 2. The van der Waals surface area contributed by atoms with Gasteiger partial charge in [-0.25, -0.2) is 8.42 Å². The van der Waals surface area contributed by atoms with Crippen LogP contribution in [-0.2, 0) is 10.0 Å². The van der Waals surface area contributed by atoms with Gasteiger partial charge in [-0.1, -0.05) is 17.7 Å². The molecular formula is C17H20N2O3S. The molecule has 0 saturated heterocycles. The Morgan fingerprint density at radius 1 is 0.957 bits per heavy atom. The van der Waals surface area contributed by atoms with Crippen molar-refractivity contribution in [3.63, 3.8) is 0 Å². The van der Waals surface area contributed by atoms with Crippen molar-refractivity contribution in [1.82, 2.24) is 5.32 Å². The standard InChI is InChI=1S/C17H20N2O3S/c1-12(2)18-17(20)14-6-8-15(9-7-14)19-23(21,22)16-10-4-13(3)5-11-16/h4-12,19H,1-3H3,(H,18,20). The number of aryl methyl sites for hydroxylation is 1. The van der Waals surface area contributed by atoms with Crippen LogP contribution in [0.25, 0.3) is 0 Å². The quantitative estimate of drug-likeness (QED) is 0.884. The maximum absolute atomic E-state index is 12.3. The second-order valence-electron chi connectivity index (χ2n) is 5.62. The summed E-state index contributed by atoms with van der Waals surface area (Å²) in [7, 11) is -3.63. The highest BCUT2D eigenvalue weighted by Crippen LogP contribution is 2.17. The van der Waals surface area contributed by atoms with Crippen molar-refractivity contribution < 1.29 is 13.2 Å². The van der Waals surface area contributed by atoms with Gasteiger partial charge in [0.25, 0.3) is 15.9 Å². The lowest BCUT2D eigenvalue weighted by Gasteiger charge is -2.10. The fourth-order valence-electron chi connectivity index (χ4n) is 1.97. The summed E-state index contributed by atoms with van der Waals surface area (Å²) in [5.74, 6) is -0.187. The first-order valence-electron chi connectivity index (χ1n) is 7.28. The van der Waals surface area contributed by atoms with E-state index in [0.717, 1.165) is 5.56 Å². The van der Waals surface area contributed by atoms with E-state index in [9.17, 15) is 13.2 Å². The molecule has 2 rings (SSSR count). The maximum Gasteiger partial charge on any atom is 0.261 e. The normalized spacial score (nSPS) is 11.3. The van der Waals surface area contributed by atoms with E-state index in [1.54, 1.807) is 48.5 Å². The molecule has 0 heterocycles. The summed E-state index contributed by atoms with van der Waals surface area (Å²) in [6.07, 6.45) is 0. The van der Waals surface area contributed by atoms with Crippen LogP contribution in [0, 0.1) is 6.92 Å². The number of amides is 1. The largest absolute Gasteiger partial charge is 0.350 e. The van der Waals surface area contributed by atoms with Gasteiger partial charge in [0, 0.05) is 17.3 Å². The van der Waals surface area contributed by atoms with E-state index in [2.05, 4.69) is 10.0 Å². The second-order valence-corrected chi connectivity index (χ2v) is 7.31. The molecule has 0 saturated carbocycles. The summed E-state index contributed by atoms with van der Waals surface area (Å²) < 4.78 is 27.1. The van der Waals surface area contributed by atoms with Crippen LogP contribution in [0.1, 0.15) is 29.8 Å². The molecule has 0 aliphatic rings. The minimum absolute atomic E-state index is 0.0437. The van der Waals surface area contributed by atoms with E-state index in [-0.39, 0.29) is 16.8 Å². The van der Waals surface area contributed by atoms with E-state index in [4.69, 9.17) is 0 Å². The van der Waals surface area contributed by atoms with Gasteiger partial charge in [0.05, 0.1) is 4.90 Å². The van der Waals surface area contributed by atoms with Gasteiger partial charge in [-0.15, -0.1) is 0 Å². The maximum atomic E-state index is 12.3. The first-order valence-corrected chi connectivity index (χ1v) is 8.76. The zero-order valence-electron chi connectivity index (χ0n) is 13.3. The Morgan fingerprint density at radius 3 is 2.04 bits per heavy atom. The summed E-state index contributed by atoms with van der Waals surface area (Å²) in [4.78, 5) is 12.1. The molecule has 0 bridgehead atoms. The lowest BCUT2D eigenvalue weighted by molar-refractivity contribution is 0.0943. The van der Waals surface area contributed by atoms with E-state index in [0.29, 0.717) is 11.3 Å². The lowest BCUT2D eigenvalue weighted by Crippen LogP contribution is -2.30. The SMILES string of the molecule is Cc1ccc(S(=O)(=O)Nc2ccc(C(=O)NC(C)C)cc2)cc1. The monoisotopic (exact) mass is 332 g/mol. The third-order valence-corrected chi connectivity index (χ3v) is 4.55. The lowest BCUT2D eigenvalue weighted by atomic mass is 10.2. The smallest absolute Gasteiger partial charge is 0.261 e. The summed E-state index contributed by atoms with van der Waals surface area (Å²) in [6, 6.07) is 13.0. The third kappa shape index (κ3) is 4.56. The Labute approximate surface area is 136 Å². The number of nitrogens with one attached hydrogen (secondary N) is 2. The van der Waals surface area contributed by atoms with Crippen molar-refractivity contribution in [1.29, 1.82) is 0 Å². The molecule has 6 heteroatoms. The van der Waals surface area contributed by atoms with Crippen molar-refractivity contribution in [2.45, 2.75) is 31.7 Å². The molecule has 2 aromatic rings. The molecule has 0 aliphatic carbocycles. The summed E-state index contributed by atoms with van der Waals surface area (Å²) >= 11 is 0. The summed E-state index contributed by atoms with van der Waals surface area (Å²) in [5, 5.41) is 2.78. The van der Waals surface area contributed by atoms with Crippen molar-refractivity contribution in [2.24, 2.45) is 0 Å². The van der Waals surface area contributed by atoms with Gasteiger partial charge >= 0.3 is 0 Å². The van der Waals surface area contributed by atoms with Crippen LogP contribution in [-0.4, -0.2) is 20.4 Å². The van der Waals surface area contributed by atoms with Crippen LogP contribution in [0.4, 0.5) is 5.69 Å². The van der Waals surface area contributed by atoms with Crippen LogP contribution < -0.4 is 10.0 Å². The van der Waals surface area contributed by atoms with Gasteiger partial charge in [-0.05, 0) is 57.2 Å². The van der Waals surface area contributed by atoms with Gasteiger partial charge in [0.1, 0.15) is 0 Å². The summed E-state index contributed by atoms with van der Waals surface area (Å²) in [6.45, 7) is 5.65. The van der Waals surface area contributed by atoms with Crippen LogP contribution in [0.15, 0.2) is 53.4 Å². The minimum atomic E-state index is -3.63. The van der Waals surface area contributed by atoms with Gasteiger partial charge in [0.2, 0.25) is 0 Å². The van der Waals surface area contributed by atoms with Gasteiger partial charge in [-0.3, -0.25) is 9.52 Å². The first-order chi connectivity index (χ1) is 10.8. The average Bonchev–Trinajstić information content (AvgIpc) is 2.47. The molecule has 2 aromatic carbocycles. The zero-order valence-corrected chi connectivity index (χ0v) is 14.1. The van der Waals surface area contributed by atoms with E-state index in [1.165, 1.54) is 0 Å². The Balaban J connectivity index is 2.14. The minimum Gasteiger partial charge on any atom is -0.350 e. The average molecular weight is 332 g/mol. The number of anilines is 1. The third-order valence-electron chi connectivity index (χ3n) is 3.15.